The van der Waals surface area contributed by atoms with Crippen molar-refractivity contribution >= 4 is 15.9 Å². The van der Waals surface area contributed by atoms with Gasteiger partial charge < -0.3 is 10.3 Å². The molecule has 0 spiro atoms. The molecule has 1 heterocycles. The Kier molecular flexibility index (Phi) is 3.79. The average molecular weight is 358 g/mol. The third-order valence-corrected chi connectivity index (χ3v) is 4.30. The third-order valence-electron chi connectivity index (χ3n) is 3.84. The Labute approximate surface area is 128 Å². The van der Waals surface area contributed by atoms with Gasteiger partial charge in [-0.05, 0) is 25.0 Å². The van der Waals surface area contributed by atoms with E-state index < -0.39 is 17.2 Å². The molecule has 7 heteroatoms. The standard InChI is InChI=1S/C14H14BrF2N3O/c15-8-6-9(16)11(10(17)7-8)12-19-13(20-21-12)14(18)4-2-1-3-5-14/h6-7H,1-5,18H2. The van der Waals surface area contributed by atoms with Gasteiger partial charge in [0, 0.05) is 4.47 Å². The van der Waals surface area contributed by atoms with E-state index in [0.717, 1.165) is 44.2 Å². The van der Waals surface area contributed by atoms with Crippen LogP contribution in [0.4, 0.5) is 8.78 Å². The molecule has 1 aromatic heterocycles. The highest BCUT2D eigenvalue weighted by molar-refractivity contribution is 9.10. The summed E-state index contributed by atoms with van der Waals surface area (Å²) in [6.07, 6.45) is 4.59. The first kappa shape index (κ1) is 14.6. The fourth-order valence-electron chi connectivity index (χ4n) is 2.68. The van der Waals surface area contributed by atoms with Gasteiger partial charge >= 0.3 is 0 Å². The van der Waals surface area contributed by atoms with Crippen molar-refractivity contribution in [2.75, 3.05) is 0 Å². The summed E-state index contributed by atoms with van der Waals surface area (Å²) in [5, 5.41) is 3.84. The molecule has 1 saturated carbocycles. The Morgan fingerprint density at radius 3 is 2.38 bits per heavy atom. The van der Waals surface area contributed by atoms with Gasteiger partial charge in [-0.1, -0.05) is 40.3 Å². The molecule has 2 aromatic rings. The highest BCUT2D eigenvalue weighted by atomic mass is 79.9. The molecular weight excluding hydrogens is 344 g/mol. The molecule has 1 fully saturated rings. The summed E-state index contributed by atoms with van der Waals surface area (Å²) in [6.45, 7) is 0. The zero-order valence-electron chi connectivity index (χ0n) is 11.2. The Morgan fingerprint density at radius 1 is 1.14 bits per heavy atom. The van der Waals surface area contributed by atoms with E-state index in [4.69, 9.17) is 10.3 Å². The van der Waals surface area contributed by atoms with Crippen molar-refractivity contribution in [1.29, 1.82) is 0 Å². The topological polar surface area (TPSA) is 64.9 Å². The Hall–Kier alpha value is -1.34. The molecule has 0 atom stereocenters. The maximum absolute atomic E-state index is 13.9. The lowest BCUT2D eigenvalue weighted by molar-refractivity contribution is 0.275. The van der Waals surface area contributed by atoms with E-state index in [-0.39, 0.29) is 11.5 Å². The second-order valence-corrected chi connectivity index (χ2v) is 6.30. The summed E-state index contributed by atoms with van der Waals surface area (Å²) >= 11 is 3.03. The van der Waals surface area contributed by atoms with E-state index >= 15 is 0 Å². The maximum atomic E-state index is 13.9. The minimum absolute atomic E-state index is 0.178. The third kappa shape index (κ3) is 2.72. The molecule has 0 bridgehead atoms. The minimum atomic E-state index is -0.758. The fourth-order valence-corrected chi connectivity index (χ4v) is 3.08. The predicted octanol–water partition coefficient (Wildman–Crippen LogP) is 3.90. The zero-order chi connectivity index (χ0) is 15.0. The van der Waals surface area contributed by atoms with E-state index in [1.54, 1.807) is 0 Å². The molecule has 4 nitrogen and oxygen atoms in total. The van der Waals surface area contributed by atoms with Crippen LogP contribution in [-0.4, -0.2) is 10.1 Å². The van der Waals surface area contributed by atoms with Crippen molar-refractivity contribution < 1.29 is 13.3 Å². The molecule has 0 unspecified atom stereocenters. The average Bonchev–Trinajstić information content (AvgIpc) is 2.88. The molecule has 1 aromatic carbocycles. The number of rotatable bonds is 2. The van der Waals surface area contributed by atoms with Gasteiger partial charge in [-0.15, -0.1) is 0 Å². The first-order chi connectivity index (χ1) is 9.99. The quantitative estimate of drug-likeness (QED) is 0.885. The van der Waals surface area contributed by atoms with E-state index in [1.807, 2.05) is 0 Å². The summed E-state index contributed by atoms with van der Waals surface area (Å²) in [5.41, 5.74) is 5.30. The number of hydrogen-bond donors (Lipinski definition) is 1. The monoisotopic (exact) mass is 357 g/mol. The molecule has 1 aliphatic carbocycles. The SMILES string of the molecule is NC1(c2noc(-c3c(F)cc(Br)cc3F)n2)CCCCC1. The summed E-state index contributed by atoms with van der Waals surface area (Å²) < 4.78 is 33.2. The predicted molar refractivity (Wildman–Crippen MR) is 76.3 cm³/mol. The molecule has 2 N–H and O–H groups in total. The van der Waals surface area contributed by atoms with Crippen molar-refractivity contribution in [1.82, 2.24) is 10.1 Å². The van der Waals surface area contributed by atoms with Crippen LogP contribution in [0.2, 0.25) is 0 Å². The van der Waals surface area contributed by atoms with E-state index in [9.17, 15) is 8.78 Å². The number of benzene rings is 1. The number of aromatic nitrogens is 2. The maximum Gasteiger partial charge on any atom is 0.263 e. The first-order valence-electron chi connectivity index (χ1n) is 6.77. The van der Waals surface area contributed by atoms with Crippen molar-refractivity contribution in [3.05, 3.63) is 34.1 Å². The smallest absolute Gasteiger partial charge is 0.263 e. The van der Waals surface area contributed by atoms with Crippen LogP contribution in [0.25, 0.3) is 11.5 Å². The normalized spacial score (nSPS) is 17.9. The van der Waals surface area contributed by atoms with Crippen LogP contribution in [0.3, 0.4) is 0 Å². The van der Waals surface area contributed by atoms with Crippen LogP contribution in [0.15, 0.2) is 21.1 Å². The molecule has 1 aliphatic rings. The molecule has 0 saturated heterocycles. The molecule has 21 heavy (non-hydrogen) atoms. The lowest BCUT2D eigenvalue weighted by atomic mass is 9.82. The minimum Gasteiger partial charge on any atom is -0.334 e. The van der Waals surface area contributed by atoms with Crippen molar-refractivity contribution in [2.24, 2.45) is 5.73 Å². The van der Waals surface area contributed by atoms with Crippen LogP contribution in [0.5, 0.6) is 0 Å². The number of hydrogen-bond acceptors (Lipinski definition) is 4. The number of nitrogens with two attached hydrogens (primary N) is 1. The molecule has 3 rings (SSSR count). The molecule has 0 aliphatic heterocycles. The van der Waals surface area contributed by atoms with Gasteiger partial charge in [-0.3, -0.25) is 0 Å². The van der Waals surface area contributed by atoms with Gasteiger partial charge in [0.1, 0.15) is 17.2 Å². The van der Waals surface area contributed by atoms with Gasteiger partial charge in [-0.25, -0.2) is 8.78 Å². The van der Waals surface area contributed by atoms with Crippen molar-refractivity contribution in [2.45, 2.75) is 37.6 Å². The second kappa shape index (κ2) is 5.46. The Morgan fingerprint density at radius 2 is 1.76 bits per heavy atom. The summed E-state index contributed by atoms with van der Waals surface area (Å²) in [7, 11) is 0. The molecule has 112 valence electrons. The lowest BCUT2D eigenvalue weighted by Crippen LogP contribution is -2.39. The van der Waals surface area contributed by atoms with E-state index in [2.05, 4.69) is 26.1 Å². The van der Waals surface area contributed by atoms with Crippen LogP contribution in [-0.2, 0) is 5.54 Å². The van der Waals surface area contributed by atoms with Crippen LogP contribution >= 0.6 is 15.9 Å². The number of halogens is 3. The fraction of sp³-hybridized carbons (Fsp3) is 0.429. The van der Waals surface area contributed by atoms with Gasteiger partial charge in [0.2, 0.25) is 0 Å². The Balaban J connectivity index is 1.99. The van der Waals surface area contributed by atoms with Gasteiger partial charge in [0.25, 0.3) is 5.89 Å². The van der Waals surface area contributed by atoms with Crippen molar-refractivity contribution in [3.63, 3.8) is 0 Å². The molecule has 0 radical (unpaired) electrons. The number of nitrogens with zero attached hydrogens (tertiary/aromatic N) is 2. The summed E-state index contributed by atoms with van der Waals surface area (Å²) in [5.74, 6) is -1.37. The summed E-state index contributed by atoms with van der Waals surface area (Å²) in [4.78, 5) is 4.13. The second-order valence-electron chi connectivity index (χ2n) is 5.38. The highest BCUT2D eigenvalue weighted by Gasteiger charge is 2.35. The van der Waals surface area contributed by atoms with Crippen LogP contribution in [0.1, 0.15) is 37.9 Å². The molecule has 0 amide bonds. The van der Waals surface area contributed by atoms with E-state index in [0.29, 0.717) is 10.3 Å². The molecular formula is C14H14BrF2N3O. The van der Waals surface area contributed by atoms with Crippen molar-refractivity contribution in [3.8, 4) is 11.5 Å². The lowest BCUT2D eigenvalue weighted by Gasteiger charge is -2.29. The Bertz CT molecular complexity index is 645. The van der Waals surface area contributed by atoms with Gasteiger partial charge in [0.05, 0.1) is 5.54 Å². The van der Waals surface area contributed by atoms with Crippen LogP contribution < -0.4 is 5.73 Å². The highest BCUT2D eigenvalue weighted by Crippen LogP contribution is 2.35. The zero-order valence-corrected chi connectivity index (χ0v) is 12.8. The van der Waals surface area contributed by atoms with Gasteiger partial charge in [-0.2, -0.15) is 4.98 Å². The van der Waals surface area contributed by atoms with Gasteiger partial charge in [0.15, 0.2) is 5.82 Å². The largest absolute Gasteiger partial charge is 0.334 e. The first-order valence-corrected chi connectivity index (χ1v) is 7.57. The summed E-state index contributed by atoms with van der Waals surface area (Å²) in [6, 6.07) is 2.31. The van der Waals surface area contributed by atoms with E-state index in [1.165, 1.54) is 0 Å². The van der Waals surface area contributed by atoms with Crippen LogP contribution in [0, 0.1) is 11.6 Å².